The Kier molecular flexibility index (Phi) is 7.89. The van der Waals surface area contributed by atoms with Gasteiger partial charge in [0, 0.05) is 27.3 Å². The second-order valence-electron chi connectivity index (χ2n) is 11.6. The minimum Gasteiger partial charge on any atom is -0.205 e. The van der Waals surface area contributed by atoms with Crippen LogP contribution in [-0.4, -0.2) is 27.4 Å². The van der Waals surface area contributed by atoms with Gasteiger partial charge in [0.2, 0.25) is 5.71 Å². The summed E-state index contributed by atoms with van der Waals surface area (Å²) < 4.78 is 2.23. The summed E-state index contributed by atoms with van der Waals surface area (Å²) in [5, 5.41) is 1.20. The normalized spacial score (nSPS) is 16.8. The Morgan fingerprint density at radius 1 is 0.479 bits per heavy atom. The third-order valence-corrected chi connectivity index (χ3v) is 9.22. The Morgan fingerprint density at radius 2 is 0.958 bits per heavy atom. The molecule has 4 nitrogen and oxygen atoms in total. The number of rotatable bonds is 7. The van der Waals surface area contributed by atoms with Crippen LogP contribution in [0.4, 0.5) is 0 Å². The predicted molar refractivity (Wildman–Crippen MR) is 197 cm³/mol. The first-order valence-corrected chi connectivity index (χ1v) is 16.5. The molecule has 0 saturated heterocycles. The second kappa shape index (κ2) is 12.6. The van der Waals surface area contributed by atoms with Crippen molar-refractivity contribution in [3.8, 4) is 0 Å². The number of halogens is 2. The molecule has 48 heavy (non-hydrogen) atoms. The lowest BCUT2D eigenvalue weighted by molar-refractivity contribution is -0.646. The molecule has 1 unspecified atom stereocenters. The molecular formula is C42H29Cl2N4+. The first-order chi connectivity index (χ1) is 23.6. The molecule has 0 radical (unpaired) electrons. The largest absolute Gasteiger partial charge is 0.387 e. The summed E-state index contributed by atoms with van der Waals surface area (Å²) in [4.78, 5) is 16.9. The summed E-state index contributed by atoms with van der Waals surface area (Å²) in [5.74, 6) is -1.32. The van der Waals surface area contributed by atoms with Crippen molar-refractivity contribution in [1.29, 1.82) is 0 Å². The molecule has 0 saturated carbocycles. The van der Waals surface area contributed by atoms with Crippen molar-refractivity contribution in [2.24, 2.45) is 15.0 Å². The molecular weight excluding hydrogens is 631 g/mol. The van der Waals surface area contributed by atoms with E-state index < -0.39 is 12.0 Å². The maximum absolute atomic E-state index is 7.03. The number of hydrogen-bond donors (Lipinski definition) is 0. The highest BCUT2D eigenvalue weighted by Gasteiger charge is 2.57. The van der Waals surface area contributed by atoms with Gasteiger partial charge >= 0.3 is 5.79 Å². The van der Waals surface area contributed by atoms with Gasteiger partial charge in [-0.1, -0.05) is 151 Å². The monoisotopic (exact) mass is 659 g/mol. The minimum absolute atomic E-state index is 0.581. The fourth-order valence-corrected chi connectivity index (χ4v) is 6.91. The van der Waals surface area contributed by atoms with E-state index in [1.165, 1.54) is 0 Å². The molecule has 0 fully saturated rings. The second-order valence-corrected chi connectivity index (χ2v) is 12.5. The smallest absolute Gasteiger partial charge is 0.205 e. The first-order valence-electron chi connectivity index (χ1n) is 15.8. The van der Waals surface area contributed by atoms with Gasteiger partial charge in [-0.05, 0) is 42.5 Å². The first kappa shape index (κ1) is 29.9. The fraction of sp³-hybridized carbons (Fsp3) is 0.0476. The van der Waals surface area contributed by atoms with Crippen LogP contribution in [0.25, 0.3) is 0 Å². The summed E-state index contributed by atoms with van der Waals surface area (Å²) in [7, 11) is 0. The van der Waals surface area contributed by atoms with E-state index in [9.17, 15) is 0 Å². The van der Waals surface area contributed by atoms with Crippen molar-refractivity contribution >= 4 is 46.0 Å². The Labute approximate surface area is 289 Å². The zero-order valence-corrected chi connectivity index (χ0v) is 27.3. The molecule has 8 rings (SSSR count). The highest BCUT2D eigenvalue weighted by Crippen LogP contribution is 2.45. The molecule has 2 heterocycles. The van der Waals surface area contributed by atoms with Crippen LogP contribution < -0.4 is 0 Å². The molecule has 6 aromatic rings. The van der Waals surface area contributed by atoms with Crippen LogP contribution >= 0.6 is 23.2 Å². The topological polar surface area (TPSA) is 40.1 Å². The van der Waals surface area contributed by atoms with Gasteiger partial charge in [0.1, 0.15) is 17.1 Å². The zero-order chi connectivity index (χ0) is 32.5. The molecule has 6 aromatic carbocycles. The molecule has 0 aliphatic carbocycles. The van der Waals surface area contributed by atoms with Gasteiger partial charge in [0.15, 0.2) is 0 Å². The van der Waals surface area contributed by atoms with Crippen molar-refractivity contribution < 1.29 is 4.58 Å². The van der Waals surface area contributed by atoms with Crippen molar-refractivity contribution in [2.45, 2.75) is 12.0 Å². The van der Waals surface area contributed by atoms with Crippen LogP contribution in [0.3, 0.4) is 0 Å². The lowest BCUT2D eigenvalue weighted by atomic mass is 9.98. The van der Waals surface area contributed by atoms with E-state index in [-0.39, 0.29) is 0 Å². The lowest BCUT2D eigenvalue weighted by Gasteiger charge is -2.25. The van der Waals surface area contributed by atoms with E-state index in [1.54, 1.807) is 0 Å². The highest BCUT2D eigenvalue weighted by molar-refractivity contribution is 6.55. The van der Waals surface area contributed by atoms with E-state index >= 15 is 0 Å². The van der Waals surface area contributed by atoms with E-state index in [1.807, 2.05) is 121 Å². The minimum atomic E-state index is -1.32. The number of aliphatic imine (C=N–C) groups is 3. The standard InChI is InChI=1S/C42H29Cl2N4/c43-34-25-15-24-33(28-34)42(46-37(29-16-5-1-6-17-29)38(47-42)30-18-7-2-8-19-30)48-40(32-22-11-4-12-23-32)39(31-20-9-3-10-21-31)45-41(48)35-26-13-14-27-36(35)44/h1-28,41H/q+1. The molecule has 2 aliphatic heterocycles. The average molecular weight is 661 g/mol. The Morgan fingerprint density at radius 3 is 1.48 bits per heavy atom. The van der Waals surface area contributed by atoms with Gasteiger partial charge in [-0.3, -0.25) is 0 Å². The maximum Gasteiger partial charge on any atom is 0.387 e. The molecule has 0 bridgehead atoms. The molecule has 0 aromatic heterocycles. The molecule has 0 amide bonds. The molecule has 2 aliphatic rings. The highest BCUT2D eigenvalue weighted by atomic mass is 35.5. The molecule has 230 valence electrons. The van der Waals surface area contributed by atoms with E-state index in [0.29, 0.717) is 10.0 Å². The average Bonchev–Trinajstić information content (AvgIpc) is 3.75. The van der Waals surface area contributed by atoms with Gasteiger partial charge in [-0.2, -0.15) is 9.98 Å². The summed E-state index contributed by atoms with van der Waals surface area (Å²) in [6.45, 7) is 0. The molecule has 6 heteroatoms. The van der Waals surface area contributed by atoms with Crippen LogP contribution in [0.5, 0.6) is 0 Å². The summed E-state index contributed by atoms with van der Waals surface area (Å²) in [5.41, 5.74) is 8.81. The maximum atomic E-state index is 7.03. The Bertz CT molecular complexity index is 2190. The third kappa shape index (κ3) is 5.29. The lowest BCUT2D eigenvalue weighted by Crippen LogP contribution is -2.40. The van der Waals surface area contributed by atoms with Gasteiger partial charge in [0.25, 0.3) is 6.17 Å². The number of nitrogens with zero attached hydrogens (tertiary/aromatic N) is 4. The van der Waals surface area contributed by atoms with Gasteiger partial charge in [-0.15, -0.1) is 4.58 Å². The van der Waals surface area contributed by atoms with Crippen LogP contribution in [0.15, 0.2) is 185 Å². The van der Waals surface area contributed by atoms with Crippen LogP contribution in [0, 0.1) is 0 Å². The Balaban J connectivity index is 1.54. The summed E-state index contributed by atoms with van der Waals surface area (Å²) in [6.07, 6.45) is -0.581. The molecule has 0 N–H and O–H groups in total. The van der Waals surface area contributed by atoms with Gasteiger partial charge < -0.3 is 0 Å². The van der Waals surface area contributed by atoms with Crippen molar-refractivity contribution in [2.75, 3.05) is 0 Å². The van der Waals surface area contributed by atoms with Crippen molar-refractivity contribution in [3.63, 3.8) is 0 Å². The van der Waals surface area contributed by atoms with Crippen LogP contribution in [-0.2, 0) is 5.79 Å². The quantitative estimate of drug-likeness (QED) is 0.153. The molecule has 0 spiro atoms. The summed E-state index contributed by atoms with van der Waals surface area (Å²) in [6, 6.07) is 56.8. The number of hydrogen-bond acceptors (Lipinski definition) is 3. The van der Waals surface area contributed by atoms with Crippen molar-refractivity contribution in [1.82, 2.24) is 0 Å². The number of benzene rings is 6. The van der Waals surface area contributed by atoms with E-state index in [0.717, 1.165) is 56.2 Å². The summed E-state index contributed by atoms with van der Waals surface area (Å²) >= 11 is 13.8. The predicted octanol–water partition coefficient (Wildman–Crippen LogP) is 9.80. The molecule has 1 atom stereocenters. The SMILES string of the molecule is Clc1cccc(C2([N+]3=C(c4ccccc4)C(c4ccccc4)=NC3c3ccccc3Cl)N=C(c3ccccc3)C(c3ccccc3)=N2)c1. The zero-order valence-electron chi connectivity index (χ0n) is 25.8. The van der Waals surface area contributed by atoms with E-state index in [4.69, 9.17) is 38.2 Å². The Hall–Kier alpha value is -5.42. The van der Waals surface area contributed by atoms with Gasteiger partial charge in [-0.25, -0.2) is 4.99 Å². The van der Waals surface area contributed by atoms with Crippen molar-refractivity contribution in [3.05, 3.63) is 213 Å². The van der Waals surface area contributed by atoms with Crippen LogP contribution in [0.2, 0.25) is 10.0 Å². The fourth-order valence-electron chi connectivity index (χ4n) is 6.49. The van der Waals surface area contributed by atoms with Crippen LogP contribution in [0.1, 0.15) is 39.5 Å². The van der Waals surface area contributed by atoms with E-state index in [2.05, 4.69) is 53.1 Å². The third-order valence-electron chi connectivity index (χ3n) is 8.64. The van der Waals surface area contributed by atoms with Gasteiger partial charge in [0.05, 0.1) is 16.1 Å².